The maximum Gasteiger partial charge on any atom is 0.229 e. The van der Waals surface area contributed by atoms with Crippen molar-refractivity contribution in [2.75, 3.05) is 23.3 Å². The second-order valence-electron chi connectivity index (χ2n) is 9.50. The van der Waals surface area contributed by atoms with Gasteiger partial charge in [-0.2, -0.15) is 0 Å². The zero-order valence-corrected chi connectivity index (χ0v) is 22.0. The summed E-state index contributed by atoms with van der Waals surface area (Å²) in [6, 6.07) is 17.2. The van der Waals surface area contributed by atoms with Gasteiger partial charge in [0, 0.05) is 37.3 Å². The molecule has 3 aromatic heterocycles. The molecule has 1 aromatic carbocycles. The van der Waals surface area contributed by atoms with Gasteiger partial charge in [-0.3, -0.25) is 14.6 Å². The molecule has 0 aliphatic carbocycles. The van der Waals surface area contributed by atoms with Crippen LogP contribution >= 0.6 is 11.3 Å². The molecule has 0 radical (unpaired) electrons. The van der Waals surface area contributed by atoms with Gasteiger partial charge in [0.2, 0.25) is 5.91 Å². The number of rotatable bonds is 9. The third kappa shape index (κ3) is 6.83. The van der Waals surface area contributed by atoms with Crippen LogP contribution in [0.25, 0.3) is 0 Å². The number of aryl methyl sites for hydroxylation is 1. The number of piperidine rings is 1. The van der Waals surface area contributed by atoms with Crippen LogP contribution < -0.4 is 10.2 Å². The summed E-state index contributed by atoms with van der Waals surface area (Å²) in [5.41, 5.74) is 2.87. The van der Waals surface area contributed by atoms with Crippen LogP contribution in [0.1, 0.15) is 45.6 Å². The van der Waals surface area contributed by atoms with E-state index in [4.69, 9.17) is 0 Å². The number of carbonyl (C=O) groups is 2. The topological polar surface area (TPSA) is 114 Å². The van der Waals surface area contributed by atoms with Crippen molar-refractivity contribution in [3.8, 4) is 0 Å². The van der Waals surface area contributed by atoms with Gasteiger partial charge >= 0.3 is 0 Å². The van der Waals surface area contributed by atoms with Crippen molar-refractivity contribution in [1.29, 1.82) is 0 Å². The molecule has 1 saturated heterocycles. The first-order valence-electron chi connectivity index (χ1n) is 12.7. The second kappa shape index (κ2) is 12.0. The molecule has 4 aromatic rings. The van der Waals surface area contributed by atoms with Crippen molar-refractivity contribution >= 4 is 34.7 Å². The number of hydrogen-bond acceptors (Lipinski definition) is 9. The van der Waals surface area contributed by atoms with E-state index < -0.39 is 0 Å². The van der Waals surface area contributed by atoms with Gasteiger partial charge in [-0.05, 0) is 49.6 Å². The van der Waals surface area contributed by atoms with Crippen molar-refractivity contribution in [3.05, 3.63) is 87.6 Å². The Kier molecular flexibility index (Phi) is 8.08. The molecular weight excluding hydrogens is 498 g/mol. The van der Waals surface area contributed by atoms with Crippen molar-refractivity contribution in [2.45, 2.75) is 44.9 Å². The minimum absolute atomic E-state index is 0.0922. The van der Waals surface area contributed by atoms with Gasteiger partial charge < -0.3 is 10.2 Å². The fourth-order valence-electron chi connectivity index (χ4n) is 4.55. The zero-order valence-electron chi connectivity index (χ0n) is 21.2. The number of benzene rings is 1. The average molecular weight is 528 g/mol. The molecule has 194 valence electrons. The predicted molar refractivity (Wildman–Crippen MR) is 146 cm³/mol. The quantitative estimate of drug-likeness (QED) is 0.348. The molecule has 4 heterocycles. The third-order valence-electron chi connectivity index (χ3n) is 6.47. The Morgan fingerprint density at radius 2 is 1.82 bits per heavy atom. The SMILES string of the molecule is Cc1cccc(CC(=O)Nc2ccc(N3CCC(c4nnc(CC(=O)Cc5ccccn5)s4)CC3)nn2)c1. The molecular formula is C28H29N7O2S. The number of aromatic nitrogens is 5. The molecule has 9 nitrogen and oxygen atoms in total. The van der Waals surface area contributed by atoms with Crippen LogP contribution in [0.15, 0.2) is 60.8 Å². The molecule has 38 heavy (non-hydrogen) atoms. The van der Waals surface area contributed by atoms with Crippen molar-refractivity contribution in [1.82, 2.24) is 25.4 Å². The standard InChI is InChI=1S/C28H29N7O2S/c1-19-5-4-6-20(15-19)16-26(37)30-24-8-9-25(32-31-24)35-13-10-21(11-14-35)28-34-33-27(38-28)18-23(36)17-22-7-2-3-12-29-22/h2-9,12,15,21H,10-11,13-14,16-18H2,1H3,(H,30,31,37). The Morgan fingerprint density at radius 1 is 0.947 bits per heavy atom. The van der Waals surface area contributed by atoms with E-state index in [2.05, 4.69) is 35.6 Å². The molecule has 1 amide bonds. The largest absolute Gasteiger partial charge is 0.355 e. The number of nitrogens with zero attached hydrogens (tertiary/aromatic N) is 6. The number of pyridine rings is 1. The highest BCUT2D eigenvalue weighted by Gasteiger charge is 2.25. The summed E-state index contributed by atoms with van der Waals surface area (Å²) < 4.78 is 0. The van der Waals surface area contributed by atoms with E-state index in [1.54, 1.807) is 12.3 Å². The van der Waals surface area contributed by atoms with Crippen molar-refractivity contribution in [2.24, 2.45) is 0 Å². The minimum Gasteiger partial charge on any atom is -0.355 e. The maximum absolute atomic E-state index is 12.4. The van der Waals surface area contributed by atoms with E-state index in [0.29, 0.717) is 24.6 Å². The smallest absolute Gasteiger partial charge is 0.229 e. The maximum atomic E-state index is 12.4. The van der Waals surface area contributed by atoms with Gasteiger partial charge in [0.25, 0.3) is 0 Å². The summed E-state index contributed by atoms with van der Waals surface area (Å²) >= 11 is 1.53. The summed E-state index contributed by atoms with van der Waals surface area (Å²) in [5, 5.41) is 21.8. The lowest BCUT2D eigenvalue weighted by Gasteiger charge is -2.31. The Balaban J connectivity index is 1.09. The third-order valence-corrected chi connectivity index (χ3v) is 7.55. The van der Waals surface area contributed by atoms with E-state index in [1.165, 1.54) is 11.3 Å². The molecule has 5 rings (SSSR count). The molecule has 1 fully saturated rings. The molecule has 0 saturated carbocycles. The summed E-state index contributed by atoms with van der Waals surface area (Å²) in [6.45, 7) is 3.66. The van der Waals surface area contributed by atoms with E-state index >= 15 is 0 Å². The number of hydrogen-bond donors (Lipinski definition) is 1. The molecule has 0 unspecified atom stereocenters. The van der Waals surface area contributed by atoms with E-state index in [0.717, 1.165) is 58.6 Å². The van der Waals surface area contributed by atoms with Crippen LogP contribution in [0.3, 0.4) is 0 Å². The average Bonchev–Trinajstić information content (AvgIpc) is 3.38. The van der Waals surface area contributed by atoms with Crippen LogP contribution in [0.2, 0.25) is 0 Å². The van der Waals surface area contributed by atoms with Crippen LogP contribution in [0.4, 0.5) is 11.6 Å². The summed E-state index contributed by atoms with van der Waals surface area (Å²) in [6.07, 6.45) is 4.44. The number of amides is 1. The van der Waals surface area contributed by atoms with Gasteiger partial charge in [0.05, 0.1) is 12.8 Å². The van der Waals surface area contributed by atoms with Crippen LogP contribution in [-0.4, -0.2) is 50.2 Å². The Labute approximate surface area is 225 Å². The Bertz CT molecular complexity index is 1380. The Hall–Kier alpha value is -4.05. The predicted octanol–water partition coefficient (Wildman–Crippen LogP) is 3.95. The summed E-state index contributed by atoms with van der Waals surface area (Å²) in [7, 11) is 0. The van der Waals surface area contributed by atoms with E-state index in [9.17, 15) is 9.59 Å². The van der Waals surface area contributed by atoms with E-state index in [-0.39, 0.29) is 18.1 Å². The molecule has 1 N–H and O–H groups in total. The molecule has 1 aliphatic heterocycles. The zero-order chi connectivity index (χ0) is 26.3. The molecule has 0 bridgehead atoms. The monoisotopic (exact) mass is 527 g/mol. The van der Waals surface area contributed by atoms with Crippen molar-refractivity contribution < 1.29 is 9.59 Å². The highest BCUT2D eigenvalue weighted by atomic mass is 32.1. The first-order valence-corrected chi connectivity index (χ1v) is 13.5. The highest BCUT2D eigenvalue weighted by molar-refractivity contribution is 7.11. The minimum atomic E-state index is -0.117. The first-order chi connectivity index (χ1) is 18.5. The highest BCUT2D eigenvalue weighted by Crippen LogP contribution is 2.31. The van der Waals surface area contributed by atoms with Crippen LogP contribution in [-0.2, 0) is 28.9 Å². The number of anilines is 2. The lowest BCUT2D eigenvalue weighted by atomic mass is 9.98. The molecule has 0 atom stereocenters. The van der Waals surface area contributed by atoms with Gasteiger partial charge in [-0.1, -0.05) is 35.9 Å². The normalized spacial score (nSPS) is 13.9. The van der Waals surface area contributed by atoms with Crippen molar-refractivity contribution in [3.63, 3.8) is 0 Å². The summed E-state index contributed by atoms with van der Waals surface area (Å²) in [5.74, 6) is 1.53. The van der Waals surface area contributed by atoms with Gasteiger partial charge in [0.1, 0.15) is 15.8 Å². The van der Waals surface area contributed by atoms with Gasteiger partial charge in [-0.25, -0.2) is 0 Å². The number of Topliss-reactive ketones (excluding diaryl/α,β-unsaturated/α-hetero) is 1. The fraction of sp³-hybridized carbons (Fsp3) is 0.321. The van der Waals surface area contributed by atoms with Crippen LogP contribution in [0, 0.1) is 6.92 Å². The number of ketones is 1. The Morgan fingerprint density at radius 3 is 2.55 bits per heavy atom. The molecule has 0 spiro atoms. The number of carbonyl (C=O) groups excluding carboxylic acids is 2. The molecule has 10 heteroatoms. The fourth-order valence-corrected chi connectivity index (χ4v) is 5.59. The second-order valence-corrected chi connectivity index (χ2v) is 10.6. The van der Waals surface area contributed by atoms with E-state index in [1.807, 2.05) is 55.5 Å². The van der Waals surface area contributed by atoms with Crippen LogP contribution in [0.5, 0.6) is 0 Å². The molecule has 1 aliphatic rings. The number of nitrogens with one attached hydrogen (secondary N) is 1. The lowest BCUT2D eigenvalue weighted by Crippen LogP contribution is -2.33. The van der Waals surface area contributed by atoms with Gasteiger partial charge in [0.15, 0.2) is 11.6 Å². The lowest BCUT2D eigenvalue weighted by molar-refractivity contribution is -0.118. The summed E-state index contributed by atoms with van der Waals surface area (Å²) in [4.78, 5) is 31.2. The van der Waals surface area contributed by atoms with Gasteiger partial charge in [-0.15, -0.1) is 31.7 Å². The first kappa shape index (κ1) is 25.6.